The second-order valence-electron chi connectivity index (χ2n) is 6.31. The summed E-state index contributed by atoms with van der Waals surface area (Å²) in [5.74, 6) is 0.332. The summed E-state index contributed by atoms with van der Waals surface area (Å²) in [4.78, 5) is 23.9. The van der Waals surface area contributed by atoms with Crippen molar-refractivity contribution < 1.29 is 9.59 Å². The first-order valence-corrected chi connectivity index (χ1v) is 8.37. The molecule has 1 aliphatic carbocycles. The van der Waals surface area contributed by atoms with E-state index >= 15 is 0 Å². The molecule has 0 aliphatic heterocycles. The van der Waals surface area contributed by atoms with Crippen molar-refractivity contribution in [2.45, 2.75) is 38.1 Å². The molecular weight excluding hydrogens is 314 g/mol. The minimum absolute atomic E-state index is 0.00871. The second kappa shape index (κ2) is 7.79. The van der Waals surface area contributed by atoms with Crippen molar-refractivity contribution in [2.24, 2.45) is 11.7 Å². The van der Waals surface area contributed by atoms with Crippen LogP contribution in [-0.2, 0) is 4.79 Å². The van der Waals surface area contributed by atoms with Gasteiger partial charge >= 0.3 is 0 Å². The monoisotopic (exact) mass is 337 g/mol. The molecule has 1 saturated carbocycles. The zero-order valence-electron chi connectivity index (χ0n) is 13.4. The lowest BCUT2D eigenvalue weighted by molar-refractivity contribution is -0.123. The highest BCUT2D eigenvalue weighted by Crippen LogP contribution is 2.38. The molecule has 126 valence electrons. The number of carbonyl (C=O) groups excluding carboxylic acids is 2. The number of nitrogens with one attached hydrogen (secondary N) is 2. The van der Waals surface area contributed by atoms with Crippen LogP contribution < -0.4 is 16.4 Å². The lowest BCUT2D eigenvalue weighted by Crippen LogP contribution is -2.53. The van der Waals surface area contributed by atoms with E-state index in [1.807, 2.05) is 6.92 Å². The Morgan fingerprint density at radius 2 is 1.96 bits per heavy atom. The molecule has 1 atom stereocenters. The highest BCUT2D eigenvalue weighted by molar-refractivity contribution is 6.30. The van der Waals surface area contributed by atoms with Gasteiger partial charge in [0, 0.05) is 30.1 Å². The summed E-state index contributed by atoms with van der Waals surface area (Å²) < 4.78 is 0. The van der Waals surface area contributed by atoms with Gasteiger partial charge < -0.3 is 16.4 Å². The van der Waals surface area contributed by atoms with E-state index in [2.05, 4.69) is 10.6 Å². The normalized spacial score (nSPS) is 16.5. The molecule has 6 heteroatoms. The van der Waals surface area contributed by atoms with E-state index in [-0.39, 0.29) is 17.4 Å². The largest absolute Gasteiger partial charge is 0.352 e. The van der Waals surface area contributed by atoms with E-state index in [0.29, 0.717) is 42.4 Å². The highest BCUT2D eigenvalue weighted by atomic mass is 35.5. The number of amides is 2. The van der Waals surface area contributed by atoms with Crippen molar-refractivity contribution in [3.63, 3.8) is 0 Å². The van der Waals surface area contributed by atoms with Crippen molar-refractivity contribution in [2.75, 3.05) is 13.1 Å². The molecule has 1 unspecified atom stereocenters. The van der Waals surface area contributed by atoms with Gasteiger partial charge in [0.2, 0.25) is 5.91 Å². The predicted molar refractivity (Wildman–Crippen MR) is 91.3 cm³/mol. The zero-order chi connectivity index (χ0) is 16.9. The first-order chi connectivity index (χ1) is 10.9. The average Bonchev–Trinajstić information content (AvgIpc) is 3.37. The van der Waals surface area contributed by atoms with Crippen LogP contribution in [0.3, 0.4) is 0 Å². The van der Waals surface area contributed by atoms with Crippen LogP contribution >= 0.6 is 11.6 Å². The van der Waals surface area contributed by atoms with Crippen molar-refractivity contribution in [1.82, 2.24) is 10.6 Å². The standard InChI is InChI=1S/C17H24ClN3O2/c1-17(11-19,13-6-7-13)21-15(22)3-2-10-20-16(23)12-4-8-14(18)9-5-12/h4-5,8-9,13H,2-3,6-7,10-11,19H2,1H3,(H,20,23)(H,21,22). The lowest BCUT2D eigenvalue weighted by atomic mass is 9.95. The molecule has 1 aromatic rings. The van der Waals surface area contributed by atoms with Gasteiger partial charge in [0.15, 0.2) is 0 Å². The van der Waals surface area contributed by atoms with E-state index in [4.69, 9.17) is 17.3 Å². The van der Waals surface area contributed by atoms with Crippen LogP contribution in [-0.4, -0.2) is 30.4 Å². The second-order valence-corrected chi connectivity index (χ2v) is 6.75. The number of nitrogens with two attached hydrogens (primary N) is 1. The Labute approximate surface area is 142 Å². The average molecular weight is 338 g/mol. The minimum atomic E-state index is -0.288. The first-order valence-electron chi connectivity index (χ1n) is 7.99. The fourth-order valence-electron chi connectivity index (χ4n) is 2.58. The van der Waals surface area contributed by atoms with Crippen molar-refractivity contribution in [3.05, 3.63) is 34.9 Å². The molecule has 1 aliphatic rings. The van der Waals surface area contributed by atoms with E-state index in [1.54, 1.807) is 24.3 Å². The Balaban J connectivity index is 1.67. The molecule has 5 nitrogen and oxygen atoms in total. The molecule has 4 N–H and O–H groups in total. The van der Waals surface area contributed by atoms with Gasteiger partial charge in [0.1, 0.15) is 0 Å². The van der Waals surface area contributed by atoms with Crippen molar-refractivity contribution >= 4 is 23.4 Å². The fraction of sp³-hybridized carbons (Fsp3) is 0.529. The molecule has 0 aromatic heterocycles. The number of carbonyl (C=O) groups is 2. The number of hydrogen-bond acceptors (Lipinski definition) is 3. The van der Waals surface area contributed by atoms with Crippen LogP contribution in [0, 0.1) is 5.92 Å². The molecular formula is C17H24ClN3O2. The third-order valence-electron chi connectivity index (χ3n) is 4.30. The topological polar surface area (TPSA) is 84.2 Å². The Morgan fingerprint density at radius 1 is 1.30 bits per heavy atom. The Bertz CT molecular complexity index is 557. The van der Waals surface area contributed by atoms with E-state index < -0.39 is 0 Å². The Hall–Kier alpha value is -1.59. The quantitative estimate of drug-likeness (QED) is 0.635. The summed E-state index contributed by atoms with van der Waals surface area (Å²) in [6.07, 6.45) is 3.23. The van der Waals surface area contributed by atoms with Gasteiger partial charge in [0.05, 0.1) is 5.54 Å². The van der Waals surface area contributed by atoms with E-state index in [0.717, 1.165) is 12.8 Å². The van der Waals surface area contributed by atoms with Crippen LogP contribution in [0.1, 0.15) is 43.0 Å². The summed E-state index contributed by atoms with van der Waals surface area (Å²) in [6.45, 7) is 2.92. The minimum Gasteiger partial charge on any atom is -0.352 e. The zero-order valence-corrected chi connectivity index (χ0v) is 14.2. The van der Waals surface area contributed by atoms with Gasteiger partial charge in [-0.25, -0.2) is 0 Å². The summed E-state index contributed by atoms with van der Waals surface area (Å²) in [5, 5.41) is 6.43. The third kappa shape index (κ3) is 5.22. The van der Waals surface area contributed by atoms with E-state index in [1.165, 1.54) is 0 Å². The van der Waals surface area contributed by atoms with Gasteiger partial charge in [-0.3, -0.25) is 9.59 Å². The number of hydrogen-bond donors (Lipinski definition) is 3. The molecule has 0 heterocycles. The van der Waals surface area contributed by atoms with Crippen LogP contribution in [0.4, 0.5) is 0 Å². The summed E-state index contributed by atoms with van der Waals surface area (Å²) in [7, 11) is 0. The smallest absolute Gasteiger partial charge is 0.251 e. The molecule has 1 aromatic carbocycles. The molecule has 0 bridgehead atoms. The predicted octanol–water partition coefficient (Wildman–Crippen LogP) is 2.09. The number of benzene rings is 1. The molecule has 2 amide bonds. The maximum absolute atomic E-state index is 12.0. The number of halogens is 1. The molecule has 2 rings (SSSR count). The van der Waals surface area contributed by atoms with Crippen molar-refractivity contribution in [3.8, 4) is 0 Å². The lowest BCUT2D eigenvalue weighted by Gasteiger charge is -2.29. The summed E-state index contributed by atoms with van der Waals surface area (Å²) in [5.41, 5.74) is 6.06. The third-order valence-corrected chi connectivity index (χ3v) is 4.55. The molecule has 23 heavy (non-hydrogen) atoms. The molecule has 0 saturated heterocycles. The maximum atomic E-state index is 12.0. The van der Waals surface area contributed by atoms with Gasteiger partial charge in [-0.2, -0.15) is 0 Å². The van der Waals surface area contributed by atoms with Crippen LogP contribution in [0.5, 0.6) is 0 Å². The highest BCUT2D eigenvalue weighted by Gasteiger charge is 2.41. The van der Waals surface area contributed by atoms with E-state index in [9.17, 15) is 9.59 Å². The van der Waals surface area contributed by atoms with Gasteiger partial charge in [-0.15, -0.1) is 0 Å². The molecule has 0 radical (unpaired) electrons. The molecule has 1 fully saturated rings. The van der Waals surface area contributed by atoms with Gasteiger partial charge in [-0.05, 0) is 56.4 Å². The van der Waals surface area contributed by atoms with Crippen LogP contribution in [0.25, 0.3) is 0 Å². The Morgan fingerprint density at radius 3 is 2.52 bits per heavy atom. The molecule has 0 spiro atoms. The fourth-order valence-corrected chi connectivity index (χ4v) is 2.70. The Kier molecular flexibility index (Phi) is 6.02. The summed E-state index contributed by atoms with van der Waals surface area (Å²) >= 11 is 5.78. The van der Waals surface area contributed by atoms with Gasteiger partial charge in [0.25, 0.3) is 5.91 Å². The maximum Gasteiger partial charge on any atom is 0.251 e. The van der Waals surface area contributed by atoms with Crippen LogP contribution in [0.15, 0.2) is 24.3 Å². The van der Waals surface area contributed by atoms with Crippen molar-refractivity contribution in [1.29, 1.82) is 0 Å². The number of rotatable bonds is 8. The first kappa shape index (κ1) is 17.8. The van der Waals surface area contributed by atoms with Crippen LogP contribution in [0.2, 0.25) is 5.02 Å². The summed E-state index contributed by atoms with van der Waals surface area (Å²) in [6, 6.07) is 6.70. The SMILES string of the molecule is CC(CN)(NC(=O)CCCNC(=O)c1ccc(Cl)cc1)C1CC1. The van der Waals surface area contributed by atoms with Gasteiger partial charge in [-0.1, -0.05) is 11.6 Å².